The Hall–Kier alpha value is -3.43. The molecule has 0 spiro atoms. The molecule has 6 nitrogen and oxygen atoms in total. The molecule has 1 N–H and O–H groups in total. The highest BCUT2D eigenvalue weighted by molar-refractivity contribution is 5.97. The number of alkyl halides is 3. The number of anilines is 1. The first-order chi connectivity index (χ1) is 13.5. The highest BCUT2D eigenvalue weighted by Gasteiger charge is 2.33. The van der Waals surface area contributed by atoms with Gasteiger partial charge < -0.3 is 14.8 Å². The second-order valence-corrected chi connectivity index (χ2v) is 5.82. The molecule has 0 bridgehead atoms. The van der Waals surface area contributed by atoms with Gasteiger partial charge in [-0.3, -0.25) is 9.59 Å². The van der Waals surface area contributed by atoms with Gasteiger partial charge in [-0.05, 0) is 42.0 Å². The zero-order valence-electron chi connectivity index (χ0n) is 15.2. The van der Waals surface area contributed by atoms with Gasteiger partial charge in [0.1, 0.15) is 17.1 Å². The first kappa shape index (κ1) is 21.9. The van der Waals surface area contributed by atoms with Crippen LogP contribution in [-0.4, -0.2) is 25.0 Å². The Morgan fingerprint density at radius 2 is 1.76 bits per heavy atom. The molecule has 29 heavy (non-hydrogen) atoms. The van der Waals surface area contributed by atoms with Crippen LogP contribution >= 0.6 is 0 Å². The quantitative estimate of drug-likeness (QED) is 0.459. The van der Waals surface area contributed by atoms with Crippen LogP contribution in [-0.2, 0) is 26.9 Å². The molecule has 2 aromatic carbocycles. The number of hydrogen-bond donors (Lipinski definition) is 1. The number of carbonyl (C=O) groups excluding carboxylic acids is 3. The highest BCUT2D eigenvalue weighted by Crippen LogP contribution is 2.33. The lowest BCUT2D eigenvalue weighted by Crippen LogP contribution is -2.18. The molecule has 10 heteroatoms. The van der Waals surface area contributed by atoms with Crippen molar-refractivity contribution in [2.45, 2.75) is 19.5 Å². The molecule has 0 heterocycles. The molecule has 0 unspecified atom stereocenters. The SMILES string of the molecule is COC(=O)c1cc(NC(=O)Cc2cc(F)ccc2C(F)(F)F)ccc1OC(C)=O. The fourth-order valence-electron chi connectivity index (χ4n) is 2.48. The summed E-state index contributed by atoms with van der Waals surface area (Å²) in [5, 5.41) is 2.31. The van der Waals surface area contributed by atoms with Crippen LogP contribution in [0.3, 0.4) is 0 Å². The Bertz CT molecular complexity index is 956. The maximum Gasteiger partial charge on any atom is 0.416 e. The topological polar surface area (TPSA) is 81.7 Å². The lowest BCUT2D eigenvalue weighted by atomic mass is 10.0. The van der Waals surface area contributed by atoms with Crippen molar-refractivity contribution in [1.82, 2.24) is 0 Å². The summed E-state index contributed by atoms with van der Waals surface area (Å²) in [5.41, 5.74) is -1.81. The van der Waals surface area contributed by atoms with Crippen LogP contribution in [0.4, 0.5) is 23.2 Å². The van der Waals surface area contributed by atoms with Crippen molar-refractivity contribution in [2.24, 2.45) is 0 Å². The normalized spacial score (nSPS) is 11.0. The third-order valence-corrected chi connectivity index (χ3v) is 3.65. The number of methoxy groups -OCH3 is 1. The van der Waals surface area contributed by atoms with Gasteiger partial charge in [0.25, 0.3) is 0 Å². The predicted molar refractivity (Wildman–Crippen MR) is 92.8 cm³/mol. The molecule has 0 aliphatic rings. The number of esters is 2. The van der Waals surface area contributed by atoms with E-state index in [1.54, 1.807) is 0 Å². The average molecular weight is 413 g/mol. The number of amides is 1. The van der Waals surface area contributed by atoms with Crippen molar-refractivity contribution in [3.8, 4) is 5.75 Å². The number of halogens is 4. The summed E-state index contributed by atoms with van der Waals surface area (Å²) < 4.78 is 61.9. The number of ether oxygens (including phenoxy) is 2. The number of carbonyl (C=O) groups is 3. The van der Waals surface area contributed by atoms with Gasteiger partial charge in [0.05, 0.1) is 19.1 Å². The molecule has 154 valence electrons. The lowest BCUT2D eigenvalue weighted by Gasteiger charge is -2.14. The largest absolute Gasteiger partial charge is 0.465 e. The molecule has 0 fully saturated rings. The fourth-order valence-corrected chi connectivity index (χ4v) is 2.48. The minimum atomic E-state index is -4.76. The van der Waals surface area contributed by atoms with E-state index in [1.165, 1.54) is 12.1 Å². The molecular formula is C19H15F4NO5. The minimum Gasteiger partial charge on any atom is -0.465 e. The van der Waals surface area contributed by atoms with E-state index < -0.39 is 47.4 Å². The van der Waals surface area contributed by atoms with E-state index in [0.717, 1.165) is 20.1 Å². The molecule has 0 saturated carbocycles. The van der Waals surface area contributed by atoms with Crippen LogP contribution in [0.5, 0.6) is 5.75 Å². The van der Waals surface area contributed by atoms with Gasteiger partial charge in [-0.2, -0.15) is 13.2 Å². The lowest BCUT2D eigenvalue weighted by molar-refractivity contribution is -0.138. The first-order valence-electron chi connectivity index (χ1n) is 8.07. The maximum atomic E-state index is 13.4. The molecule has 2 aromatic rings. The summed E-state index contributed by atoms with van der Waals surface area (Å²) in [6, 6.07) is 5.47. The van der Waals surface area contributed by atoms with E-state index in [0.29, 0.717) is 18.2 Å². The van der Waals surface area contributed by atoms with Crippen LogP contribution in [0.15, 0.2) is 36.4 Å². The second kappa shape index (κ2) is 8.72. The van der Waals surface area contributed by atoms with Gasteiger partial charge in [0.2, 0.25) is 5.91 Å². The van der Waals surface area contributed by atoms with Gasteiger partial charge >= 0.3 is 18.1 Å². The Kier molecular flexibility index (Phi) is 6.57. The molecule has 0 aliphatic carbocycles. The highest BCUT2D eigenvalue weighted by atomic mass is 19.4. The van der Waals surface area contributed by atoms with E-state index in [1.807, 2.05) is 0 Å². The third kappa shape index (κ3) is 5.77. The number of nitrogens with one attached hydrogen (secondary N) is 1. The van der Waals surface area contributed by atoms with Crippen LogP contribution in [0.1, 0.15) is 28.4 Å². The Morgan fingerprint density at radius 3 is 2.34 bits per heavy atom. The molecule has 2 rings (SSSR count). The number of rotatable bonds is 5. The van der Waals surface area contributed by atoms with Crippen LogP contribution < -0.4 is 10.1 Å². The molecule has 0 aliphatic heterocycles. The minimum absolute atomic E-state index is 0.0382. The Morgan fingerprint density at radius 1 is 1.07 bits per heavy atom. The smallest absolute Gasteiger partial charge is 0.416 e. The molecule has 0 saturated heterocycles. The summed E-state index contributed by atoms with van der Waals surface area (Å²) >= 11 is 0. The first-order valence-corrected chi connectivity index (χ1v) is 8.07. The summed E-state index contributed by atoms with van der Waals surface area (Å²) in [6.07, 6.45) is -5.51. The van der Waals surface area contributed by atoms with Gasteiger partial charge in [-0.1, -0.05) is 0 Å². The van der Waals surface area contributed by atoms with Gasteiger partial charge in [0.15, 0.2) is 0 Å². The Balaban J connectivity index is 2.27. The van der Waals surface area contributed by atoms with Gasteiger partial charge in [-0.15, -0.1) is 0 Å². The number of benzene rings is 2. The standard InChI is InChI=1S/C19H15F4NO5/c1-10(25)29-16-6-4-13(9-14(16)18(27)28-2)24-17(26)8-11-7-12(20)3-5-15(11)19(21,22)23/h3-7,9H,8H2,1-2H3,(H,24,26). The Labute approximate surface area is 162 Å². The van der Waals surface area contributed by atoms with E-state index in [2.05, 4.69) is 10.1 Å². The van der Waals surface area contributed by atoms with Crippen molar-refractivity contribution in [3.63, 3.8) is 0 Å². The van der Waals surface area contributed by atoms with Crippen LogP contribution in [0, 0.1) is 5.82 Å². The van der Waals surface area contributed by atoms with E-state index >= 15 is 0 Å². The van der Waals surface area contributed by atoms with E-state index in [4.69, 9.17) is 4.74 Å². The number of hydrogen-bond acceptors (Lipinski definition) is 5. The maximum absolute atomic E-state index is 13.4. The van der Waals surface area contributed by atoms with Crippen LogP contribution in [0.25, 0.3) is 0 Å². The van der Waals surface area contributed by atoms with Crippen molar-refractivity contribution >= 4 is 23.5 Å². The van der Waals surface area contributed by atoms with E-state index in [-0.39, 0.29) is 17.0 Å². The van der Waals surface area contributed by atoms with Crippen molar-refractivity contribution < 1.29 is 41.4 Å². The van der Waals surface area contributed by atoms with Crippen LogP contribution in [0.2, 0.25) is 0 Å². The molecule has 0 aromatic heterocycles. The summed E-state index contributed by atoms with van der Waals surface area (Å²) in [5.74, 6) is -3.47. The molecular weight excluding hydrogens is 398 g/mol. The summed E-state index contributed by atoms with van der Waals surface area (Å²) in [4.78, 5) is 35.1. The molecule has 0 atom stereocenters. The van der Waals surface area contributed by atoms with Crippen molar-refractivity contribution in [2.75, 3.05) is 12.4 Å². The second-order valence-electron chi connectivity index (χ2n) is 5.82. The fraction of sp³-hybridized carbons (Fsp3) is 0.211. The van der Waals surface area contributed by atoms with Gasteiger partial charge in [-0.25, -0.2) is 9.18 Å². The van der Waals surface area contributed by atoms with Crippen molar-refractivity contribution in [1.29, 1.82) is 0 Å². The predicted octanol–water partition coefficient (Wildman–Crippen LogP) is 3.74. The van der Waals surface area contributed by atoms with E-state index in [9.17, 15) is 31.9 Å². The van der Waals surface area contributed by atoms with Crippen molar-refractivity contribution in [3.05, 3.63) is 58.9 Å². The zero-order chi connectivity index (χ0) is 21.8. The monoisotopic (exact) mass is 413 g/mol. The zero-order valence-corrected chi connectivity index (χ0v) is 15.2. The molecule has 1 amide bonds. The van der Waals surface area contributed by atoms with Gasteiger partial charge in [0, 0.05) is 12.6 Å². The summed E-state index contributed by atoms with van der Waals surface area (Å²) in [6.45, 7) is 1.12. The summed E-state index contributed by atoms with van der Waals surface area (Å²) in [7, 11) is 1.09. The molecule has 0 radical (unpaired) electrons. The third-order valence-electron chi connectivity index (χ3n) is 3.65. The average Bonchev–Trinajstić information content (AvgIpc) is 2.60.